The molecule has 1 saturated carbocycles. The third kappa shape index (κ3) is 4.61. The van der Waals surface area contributed by atoms with Crippen LogP contribution in [0.3, 0.4) is 0 Å². The van der Waals surface area contributed by atoms with Gasteiger partial charge in [-0.1, -0.05) is 79.6 Å². The monoisotopic (exact) mass is 399 g/mol. The van der Waals surface area contributed by atoms with Gasteiger partial charge in [0.05, 0.1) is 5.54 Å². The summed E-state index contributed by atoms with van der Waals surface area (Å²) in [7, 11) is 0. The number of hydrogen-bond donors (Lipinski definition) is 0. The second kappa shape index (κ2) is 9.43. The van der Waals surface area contributed by atoms with Gasteiger partial charge in [0.25, 0.3) is 0 Å². The molecule has 0 aromatic heterocycles. The molecule has 152 valence electrons. The van der Waals surface area contributed by atoms with E-state index in [4.69, 9.17) is 9.47 Å². The van der Waals surface area contributed by atoms with Crippen molar-refractivity contribution in [3.63, 3.8) is 0 Å². The molecule has 0 amide bonds. The molecule has 0 N–H and O–H groups in total. The third-order valence-electron chi connectivity index (χ3n) is 5.65. The Labute approximate surface area is 177 Å². The van der Waals surface area contributed by atoms with Gasteiger partial charge in [-0.3, -0.25) is 0 Å². The van der Waals surface area contributed by atoms with E-state index < -0.39 is 5.54 Å². The molecular weight excluding hydrogens is 374 g/mol. The Balaban J connectivity index is 1.61. The Hall–Kier alpha value is -3.36. The minimum absolute atomic E-state index is 0.440. The van der Waals surface area contributed by atoms with Crippen molar-refractivity contribution in [1.82, 2.24) is 0 Å². The standard InChI is InChI=1S/C26H25NO3/c28-20-27-26(15-7-8-16-26)23-13-14-24(29-18-21-9-3-1-4-10-21)25(17-23)30-19-22-11-5-2-6-12-22/h1-6,9-14,17H,7-8,15-16,18-19H2. The van der Waals surface area contributed by atoms with Gasteiger partial charge < -0.3 is 9.47 Å². The number of nitrogens with zero attached hydrogens (tertiary/aromatic N) is 1. The second-order valence-electron chi connectivity index (χ2n) is 7.65. The maximum absolute atomic E-state index is 11.1. The lowest BCUT2D eigenvalue weighted by Crippen LogP contribution is -2.19. The summed E-state index contributed by atoms with van der Waals surface area (Å²) in [4.78, 5) is 15.3. The molecule has 1 fully saturated rings. The molecule has 0 aliphatic heterocycles. The number of aliphatic imine (C=N–C) groups is 1. The van der Waals surface area contributed by atoms with Gasteiger partial charge in [-0.25, -0.2) is 4.79 Å². The first-order valence-corrected chi connectivity index (χ1v) is 10.4. The summed E-state index contributed by atoms with van der Waals surface area (Å²) >= 11 is 0. The quantitative estimate of drug-likeness (QED) is 0.347. The van der Waals surface area contributed by atoms with E-state index in [0.717, 1.165) is 42.4 Å². The number of isocyanates is 1. The highest BCUT2D eigenvalue weighted by atomic mass is 16.5. The molecule has 0 heterocycles. The summed E-state index contributed by atoms with van der Waals surface area (Å²) in [5.74, 6) is 1.35. The third-order valence-corrected chi connectivity index (χ3v) is 5.65. The van der Waals surface area contributed by atoms with Crippen LogP contribution in [-0.4, -0.2) is 6.08 Å². The number of benzene rings is 3. The van der Waals surface area contributed by atoms with Crippen LogP contribution in [0.25, 0.3) is 0 Å². The first-order chi connectivity index (χ1) is 14.8. The van der Waals surface area contributed by atoms with Gasteiger partial charge >= 0.3 is 0 Å². The van der Waals surface area contributed by atoms with E-state index in [2.05, 4.69) is 4.99 Å². The predicted octanol–water partition coefficient (Wildman–Crippen LogP) is 5.95. The Morgan fingerprint density at radius 1 is 0.767 bits per heavy atom. The van der Waals surface area contributed by atoms with Crippen LogP contribution >= 0.6 is 0 Å². The fourth-order valence-electron chi connectivity index (χ4n) is 4.01. The summed E-state index contributed by atoms with van der Waals surface area (Å²) in [5, 5.41) is 0. The van der Waals surface area contributed by atoms with Crippen molar-refractivity contribution in [1.29, 1.82) is 0 Å². The van der Waals surface area contributed by atoms with E-state index >= 15 is 0 Å². The van der Waals surface area contributed by atoms with Crippen LogP contribution in [0.4, 0.5) is 0 Å². The molecule has 0 radical (unpaired) electrons. The highest BCUT2D eigenvalue weighted by Gasteiger charge is 2.36. The van der Waals surface area contributed by atoms with Crippen LogP contribution in [0.1, 0.15) is 42.4 Å². The maximum atomic E-state index is 11.1. The molecule has 3 aromatic rings. The smallest absolute Gasteiger partial charge is 0.235 e. The molecule has 0 unspecified atom stereocenters. The Bertz CT molecular complexity index is 1000. The van der Waals surface area contributed by atoms with Crippen LogP contribution < -0.4 is 9.47 Å². The topological polar surface area (TPSA) is 47.9 Å². The maximum Gasteiger partial charge on any atom is 0.235 e. The molecule has 30 heavy (non-hydrogen) atoms. The van der Waals surface area contributed by atoms with Crippen molar-refractivity contribution in [2.75, 3.05) is 0 Å². The van der Waals surface area contributed by atoms with Crippen LogP contribution in [0.15, 0.2) is 83.9 Å². The average Bonchev–Trinajstić information content (AvgIpc) is 3.28. The SMILES string of the molecule is O=C=NC1(c2ccc(OCc3ccccc3)c(OCc3ccccc3)c2)CCCC1. The Kier molecular flexibility index (Phi) is 6.26. The van der Waals surface area contributed by atoms with Crippen LogP contribution in [0, 0.1) is 0 Å². The molecular formula is C26H25NO3. The first-order valence-electron chi connectivity index (χ1n) is 10.4. The van der Waals surface area contributed by atoms with E-state index in [-0.39, 0.29) is 0 Å². The zero-order chi connectivity index (χ0) is 20.7. The van der Waals surface area contributed by atoms with Crippen molar-refractivity contribution in [3.8, 4) is 11.5 Å². The average molecular weight is 399 g/mol. The van der Waals surface area contributed by atoms with Gasteiger partial charge in [0.1, 0.15) is 13.2 Å². The molecule has 4 rings (SSSR count). The fourth-order valence-corrected chi connectivity index (χ4v) is 4.01. The molecule has 4 nitrogen and oxygen atoms in total. The van der Waals surface area contributed by atoms with E-state index in [1.54, 1.807) is 6.08 Å². The van der Waals surface area contributed by atoms with Crippen LogP contribution in [0.5, 0.6) is 11.5 Å². The molecule has 0 spiro atoms. The van der Waals surface area contributed by atoms with Crippen molar-refractivity contribution < 1.29 is 14.3 Å². The lowest BCUT2D eigenvalue weighted by Gasteiger charge is -2.24. The number of ether oxygens (including phenoxy) is 2. The summed E-state index contributed by atoms with van der Waals surface area (Å²) in [6, 6.07) is 26.0. The highest BCUT2D eigenvalue weighted by Crippen LogP contribution is 2.44. The molecule has 0 atom stereocenters. The Morgan fingerprint density at radius 3 is 1.90 bits per heavy atom. The van der Waals surface area contributed by atoms with E-state index in [0.29, 0.717) is 24.7 Å². The zero-order valence-electron chi connectivity index (χ0n) is 16.9. The van der Waals surface area contributed by atoms with Gasteiger partial charge in [0.2, 0.25) is 6.08 Å². The van der Waals surface area contributed by atoms with Gasteiger partial charge in [0, 0.05) is 0 Å². The lowest BCUT2D eigenvalue weighted by molar-refractivity contribution is 0.255. The molecule has 1 aliphatic carbocycles. The van der Waals surface area contributed by atoms with Crippen molar-refractivity contribution in [2.24, 2.45) is 4.99 Å². The number of hydrogen-bond acceptors (Lipinski definition) is 4. The minimum Gasteiger partial charge on any atom is -0.485 e. The number of carbonyl (C=O) groups excluding carboxylic acids is 1. The zero-order valence-corrected chi connectivity index (χ0v) is 16.9. The highest BCUT2D eigenvalue weighted by molar-refractivity contribution is 5.47. The predicted molar refractivity (Wildman–Crippen MR) is 116 cm³/mol. The summed E-state index contributed by atoms with van der Waals surface area (Å²) in [6.45, 7) is 0.898. The summed E-state index contributed by atoms with van der Waals surface area (Å²) in [5.41, 5.74) is 2.66. The van der Waals surface area contributed by atoms with Crippen LogP contribution in [-0.2, 0) is 23.5 Å². The van der Waals surface area contributed by atoms with Crippen molar-refractivity contribution >= 4 is 6.08 Å². The summed E-state index contributed by atoms with van der Waals surface area (Å²) in [6.07, 6.45) is 5.60. The fraction of sp³-hybridized carbons (Fsp3) is 0.269. The van der Waals surface area contributed by atoms with E-state index in [1.165, 1.54) is 0 Å². The van der Waals surface area contributed by atoms with Gasteiger partial charge in [-0.05, 0) is 41.7 Å². The summed E-state index contributed by atoms with van der Waals surface area (Å²) < 4.78 is 12.3. The minimum atomic E-state index is -0.495. The van der Waals surface area contributed by atoms with Crippen molar-refractivity contribution in [3.05, 3.63) is 95.6 Å². The van der Waals surface area contributed by atoms with Crippen LogP contribution in [0.2, 0.25) is 0 Å². The lowest BCUT2D eigenvalue weighted by atomic mass is 9.88. The van der Waals surface area contributed by atoms with E-state index in [1.807, 2.05) is 78.9 Å². The second-order valence-corrected chi connectivity index (χ2v) is 7.65. The molecule has 4 heteroatoms. The molecule has 0 bridgehead atoms. The number of rotatable bonds is 8. The largest absolute Gasteiger partial charge is 0.485 e. The first kappa shape index (κ1) is 19.9. The van der Waals surface area contributed by atoms with Gasteiger partial charge in [-0.15, -0.1) is 0 Å². The molecule has 1 aliphatic rings. The normalized spacial score (nSPS) is 14.7. The Morgan fingerprint density at radius 2 is 1.33 bits per heavy atom. The van der Waals surface area contributed by atoms with E-state index in [9.17, 15) is 4.79 Å². The van der Waals surface area contributed by atoms with Gasteiger partial charge in [0.15, 0.2) is 11.5 Å². The molecule has 0 saturated heterocycles. The molecule has 3 aromatic carbocycles. The van der Waals surface area contributed by atoms with Crippen molar-refractivity contribution in [2.45, 2.75) is 44.4 Å². The van der Waals surface area contributed by atoms with Gasteiger partial charge in [-0.2, -0.15) is 4.99 Å².